The highest BCUT2D eigenvalue weighted by Crippen LogP contribution is 2.14. The molecule has 0 aromatic heterocycles. The van der Waals surface area contributed by atoms with Crippen LogP contribution in [0.1, 0.15) is 31.1 Å². The van der Waals surface area contributed by atoms with E-state index >= 15 is 0 Å². The lowest BCUT2D eigenvalue weighted by atomic mass is 10.1. The number of hydrogen-bond acceptors (Lipinski definition) is 5. The molecule has 6 nitrogen and oxygen atoms in total. The van der Waals surface area contributed by atoms with Crippen LogP contribution in [0.5, 0.6) is 0 Å². The number of methoxy groups -OCH3 is 1. The van der Waals surface area contributed by atoms with Crippen molar-refractivity contribution in [2.75, 3.05) is 19.0 Å². The van der Waals surface area contributed by atoms with Gasteiger partial charge in [0, 0.05) is 12.8 Å². The summed E-state index contributed by atoms with van der Waals surface area (Å²) >= 11 is 0. The van der Waals surface area contributed by atoms with Gasteiger partial charge in [0.15, 0.2) is 0 Å². The number of hydrogen-bond donors (Lipinski definition) is 2. The third-order valence-corrected chi connectivity index (χ3v) is 2.47. The number of anilines is 1. The van der Waals surface area contributed by atoms with Crippen molar-refractivity contribution in [3.05, 3.63) is 29.8 Å². The van der Waals surface area contributed by atoms with Crippen LogP contribution in [0.4, 0.5) is 5.69 Å². The Bertz CT molecular complexity index is 491. The Balaban J connectivity index is 2.66. The van der Waals surface area contributed by atoms with E-state index in [-0.39, 0.29) is 12.5 Å². The molecule has 0 heterocycles. The topological polar surface area (TPSA) is 90.6 Å². The molecule has 0 fully saturated rings. The third-order valence-electron chi connectivity index (χ3n) is 2.47. The first kappa shape index (κ1) is 17.1. The average Bonchev–Trinajstić information content (AvgIpc) is 2.37. The van der Waals surface area contributed by atoms with Gasteiger partial charge < -0.3 is 20.5 Å². The second-order valence-corrected chi connectivity index (χ2v) is 5.63. The number of carbonyl (C=O) groups is 2. The normalized spacial score (nSPS) is 12.6. The van der Waals surface area contributed by atoms with Crippen LogP contribution >= 0.6 is 0 Å². The molecule has 1 amide bonds. The summed E-state index contributed by atoms with van der Waals surface area (Å²) in [7, 11) is 1.47. The van der Waals surface area contributed by atoms with E-state index < -0.39 is 17.6 Å². The van der Waals surface area contributed by atoms with Crippen LogP contribution < -0.4 is 11.1 Å². The molecule has 1 atom stereocenters. The molecular weight excluding hydrogens is 272 g/mol. The van der Waals surface area contributed by atoms with Crippen molar-refractivity contribution in [3.8, 4) is 0 Å². The van der Waals surface area contributed by atoms with Crippen molar-refractivity contribution in [2.24, 2.45) is 5.73 Å². The van der Waals surface area contributed by atoms with Gasteiger partial charge in [0.25, 0.3) is 0 Å². The predicted molar refractivity (Wildman–Crippen MR) is 80.1 cm³/mol. The summed E-state index contributed by atoms with van der Waals surface area (Å²) < 4.78 is 10.1. The fourth-order valence-electron chi connectivity index (χ4n) is 1.52. The van der Waals surface area contributed by atoms with Gasteiger partial charge in [0.1, 0.15) is 11.6 Å². The predicted octanol–water partition coefficient (Wildman–Crippen LogP) is 1.55. The van der Waals surface area contributed by atoms with Gasteiger partial charge in [-0.25, -0.2) is 4.79 Å². The first-order valence-electron chi connectivity index (χ1n) is 6.62. The van der Waals surface area contributed by atoms with Gasteiger partial charge in [-0.1, -0.05) is 0 Å². The Morgan fingerprint density at radius 3 is 2.29 bits per heavy atom. The number of esters is 1. The Morgan fingerprint density at radius 2 is 1.81 bits per heavy atom. The zero-order valence-corrected chi connectivity index (χ0v) is 12.8. The van der Waals surface area contributed by atoms with E-state index in [1.54, 1.807) is 45.0 Å². The van der Waals surface area contributed by atoms with Crippen LogP contribution in [-0.4, -0.2) is 37.2 Å². The molecule has 0 aliphatic heterocycles. The molecule has 1 aromatic rings. The van der Waals surface area contributed by atoms with Gasteiger partial charge in [0.2, 0.25) is 5.91 Å². The summed E-state index contributed by atoms with van der Waals surface area (Å²) in [4.78, 5) is 23.5. The molecule has 0 radical (unpaired) electrons. The Kier molecular flexibility index (Phi) is 5.87. The lowest BCUT2D eigenvalue weighted by Crippen LogP contribution is -2.39. The van der Waals surface area contributed by atoms with Crippen molar-refractivity contribution in [3.63, 3.8) is 0 Å². The zero-order chi connectivity index (χ0) is 16.0. The van der Waals surface area contributed by atoms with E-state index in [9.17, 15) is 9.59 Å². The molecule has 3 N–H and O–H groups in total. The maximum absolute atomic E-state index is 11.8. The molecule has 6 heteroatoms. The number of nitrogens with two attached hydrogens (primary N) is 1. The molecule has 0 bridgehead atoms. The molecular formula is C15H22N2O4. The first-order valence-corrected chi connectivity index (χ1v) is 6.62. The van der Waals surface area contributed by atoms with Crippen molar-refractivity contribution >= 4 is 17.6 Å². The Morgan fingerprint density at radius 1 is 1.24 bits per heavy atom. The SMILES string of the molecule is COCC(N)C(=O)Nc1ccc(C(=O)OC(C)(C)C)cc1. The van der Waals surface area contributed by atoms with Gasteiger partial charge in [-0.2, -0.15) is 0 Å². The summed E-state index contributed by atoms with van der Waals surface area (Å²) in [6, 6.07) is 5.69. The molecule has 0 saturated heterocycles. The number of amides is 1. The zero-order valence-electron chi connectivity index (χ0n) is 12.8. The summed E-state index contributed by atoms with van der Waals surface area (Å²) in [5.41, 5.74) is 6.04. The van der Waals surface area contributed by atoms with Crippen molar-refractivity contribution < 1.29 is 19.1 Å². The third kappa shape index (κ3) is 5.93. The molecule has 0 aliphatic rings. The smallest absolute Gasteiger partial charge is 0.338 e. The standard InChI is InChI=1S/C15H22N2O4/c1-15(2,3)21-14(19)10-5-7-11(8-6-10)17-13(18)12(16)9-20-4/h5-8,12H,9,16H2,1-4H3,(H,17,18). The molecule has 116 valence electrons. The van der Waals surface area contributed by atoms with E-state index in [1.165, 1.54) is 7.11 Å². The van der Waals surface area contributed by atoms with Gasteiger partial charge in [-0.05, 0) is 45.0 Å². The van der Waals surface area contributed by atoms with Crippen LogP contribution in [0.25, 0.3) is 0 Å². The summed E-state index contributed by atoms with van der Waals surface area (Å²) in [5, 5.41) is 2.64. The lowest BCUT2D eigenvalue weighted by molar-refractivity contribution is -0.118. The van der Waals surface area contributed by atoms with Gasteiger partial charge in [-0.3, -0.25) is 4.79 Å². The number of rotatable bonds is 5. The first-order chi connectivity index (χ1) is 9.73. The van der Waals surface area contributed by atoms with E-state index in [0.717, 1.165) is 0 Å². The number of carbonyl (C=O) groups excluding carboxylic acids is 2. The number of ether oxygens (including phenoxy) is 2. The summed E-state index contributed by atoms with van der Waals surface area (Å²) in [6.07, 6.45) is 0. The highest BCUT2D eigenvalue weighted by molar-refractivity contribution is 5.95. The highest BCUT2D eigenvalue weighted by atomic mass is 16.6. The Hall–Kier alpha value is -1.92. The molecule has 1 aromatic carbocycles. The minimum atomic E-state index is -0.736. The monoisotopic (exact) mass is 294 g/mol. The van der Waals surface area contributed by atoms with E-state index in [2.05, 4.69) is 5.32 Å². The second-order valence-electron chi connectivity index (χ2n) is 5.63. The largest absolute Gasteiger partial charge is 0.456 e. The molecule has 1 rings (SSSR count). The molecule has 0 aliphatic carbocycles. The van der Waals surface area contributed by atoms with Crippen LogP contribution in [0, 0.1) is 0 Å². The maximum Gasteiger partial charge on any atom is 0.338 e. The van der Waals surface area contributed by atoms with Gasteiger partial charge >= 0.3 is 5.97 Å². The Labute approximate surface area is 124 Å². The highest BCUT2D eigenvalue weighted by Gasteiger charge is 2.18. The van der Waals surface area contributed by atoms with Gasteiger partial charge in [0.05, 0.1) is 12.2 Å². The number of nitrogens with one attached hydrogen (secondary N) is 1. The van der Waals surface area contributed by atoms with Crippen LogP contribution in [0.3, 0.4) is 0 Å². The van der Waals surface area contributed by atoms with E-state index in [0.29, 0.717) is 11.3 Å². The second kappa shape index (κ2) is 7.19. The molecule has 1 unspecified atom stereocenters. The van der Waals surface area contributed by atoms with E-state index in [4.69, 9.17) is 15.2 Å². The average molecular weight is 294 g/mol. The van der Waals surface area contributed by atoms with Crippen LogP contribution in [0.2, 0.25) is 0 Å². The number of benzene rings is 1. The van der Waals surface area contributed by atoms with Crippen LogP contribution in [-0.2, 0) is 14.3 Å². The van der Waals surface area contributed by atoms with Crippen LogP contribution in [0.15, 0.2) is 24.3 Å². The quantitative estimate of drug-likeness (QED) is 0.804. The minimum Gasteiger partial charge on any atom is -0.456 e. The summed E-state index contributed by atoms with van der Waals surface area (Å²) in [6.45, 7) is 5.55. The molecule has 0 spiro atoms. The molecule has 0 saturated carbocycles. The van der Waals surface area contributed by atoms with Crippen molar-refractivity contribution in [1.29, 1.82) is 0 Å². The fraction of sp³-hybridized carbons (Fsp3) is 0.467. The fourth-order valence-corrected chi connectivity index (χ4v) is 1.52. The maximum atomic E-state index is 11.8. The van der Waals surface area contributed by atoms with E-state index in [1.807, 2.05) is 0 Å². The summed E-state index contributed by atoms with van der Waals surface area (Å²) in [5.74, 6) is -0.752. The van der Waals surface area contributed by atoms with Crippen molar-refractivity contribution in [2.45, 2.75) is 32.4 Å². The van der Waals surface area contributed by atoms with Crippen molar-refractivity contribution in [1.82, 2.24) is 0 Å². The van der Waals surface area contributed by atoms with Gasteiger partial charge in [-0.15, -0.1) is 0 Å². The minimum absolute atomic E-state index is 0.141. The lowest BCUT2D eigenvalue weighted by Gasteiger charge is -2.19. The molecule has 21 heavy (non-hydrogen) atoms.